The highest BCUT2D eigenvalue weighted by molar-refractivity contribution is 5.00. The first-order valence-electron chi connectivity index (χ1n) is 7.37. The molecule has 5 atom stereocenters. The number of fused-ring (bicyclic) bond motifs is 1. The molecule has 0 aromatic rings. The van der Waals surface area contributed by atoms with Gasteiger partial charge in [0, 0.05) is 25.2 Å². The van der Waals surface area contributed by atoms with Gasteiger partial charge in [0.15, 0.2) is 0 Å². The van der Waals surface area contributed by atoms with Crippen molar-refractivity contribution >= 4 is 0 Å². The van der Waals surface area contributed by atoms with Crippen LogP contribution in [0.3, 0.4) is 0 Å². The standard InChI is InChI=1S/C14H26N2O/c1-3-14-13-8-15-7-11(13)9-16(14)12-4-5-17-10(2)6-12/h10-15H,3-9H2,1-2H3. The minimum absolute atomic E-state index is 0.463. The molecule has 0 aromatic heterocycles. The SMILES string of the molecule is CCC1C2CNCC2CN1C1CCOC(C)C1. The van der Waals surface area contributed by atoms with E-state index >= 15 is 0 Å². The molecule has 3 heteroatoms. The highest BCUT2D eigenvalue weighted by atomic mass is 16.5. The van der Waals surface area contributed by atoms with E-state index in [9.17, 15) is 0 Å². The zero-order valence-electron chi connectivity index (χ0n) is 11.2. The van der Waals surface area contributed by atoms with Crippen molar-refractivity contribution in [3.63, 3.8) is 0 Å². The first kappa shape index (κ1) is 11.9. The summed E-state index contributed by atoms with van der Waals surface area (Å²) < 4.78 is 5.69. The number of ether oxygens (including phenoxy) is 1. The lowest BCUT2D eigenvalue weighted by Gasteiger charge is -2.38. The molecular weight excluding hydrogens is 212 g/mol. The van der Waals surface area contributed by atoms with E-state index in [1.807, 2.05) is 0 Å². The van der Waals surface area contributed by atoms with E-state index in [4.69, 9.17) is 4.74 Å². The van der Waals surface area contributed by atoms with Gasteiger partial charge in [-0.05, 0) is 51.1 Å². The summed E-state index contributed by atoms with van der Waals surface area (Å²) >= 11 is 0. The van der Waals surface area contributed by atoms with Crippen LogP contribution in [-0.4, -0.2) is 49.3 Å². The predicted molar refractivity (Wildman–Crippen MR) is 69.1 cm³/mol. The first-order valence-corrected chi connectivity index (χ1v) is 7.37. The predicted octanol–water partition coefficient (Wildman–Crippen LogP) is 1.48. The Bertz CT molecular complexity index is 271. The Labute approximate surface area is 105 Å². The van der Waals surface area contributed by atoms with E-state index in [1.54, 1.807) is 0 Å². The second-order valence-electron chi connectivity index (χ2n) is 6.11. The van der Waals surface area contributed by atoms with Crippen molar-refractivity contribution in [3.8, 4) is 0 Å². The maximum atomic E-state index is 5.69. The van der Waals surface area contributed by atoms with Gasteiger partial charge in [0.25, 0.3) is 0 Å². The van der Waals surface area contributed by atoms with Crippen LogP contribution < -0.4 is 5.32 Å². The number of rotatable bonds is 2. The van der Waals surface area contributed by atoms with Crippen molar-refractivity contribution in [1.82, 2.24) is 10.2 Å². The third-order valence-electron chi connectivity index (χ3n) is 5.10. The molecule has 5 unspecified atom stereocenters. The summed E-state index contributed by atoms with van der Waals surface area (Å²) in [7, 11) is 0. The van der Waals surface area contributed by atoms with Gasteiger partial charge in [-0.25, -0.2) is 0 Å². The quantitative estimate of drug-likeness (QED) is 0.789. The molecule has 1 N–H and O–H groups in total. The summed E-state index contributed by atoms with van der Waals surface area (Å²) in [6, 6.07) is 1.61. The number of hydrogen-bond donors (Lipinski definition) is 1. The largest absolute Gasteiger partial charge is 0.378 e. The summed E-state index contributed by atoms with van der Waals surface area (Å²) in [5, 5.41) is 3.57. The Kier molecular flexibility index (Phi) is 3.42. The number of hydrogen-bond acceptors (Lipinski definition) is 3. The fourth-order valence-corrected chi connectivity index (χ4v) is 4.29. The van der Waals surface area contributed by atoms with Crippen molar-refractivity contribution < 1.29 is 4.74 Å². The van der Waals surface area contributed by atoms with Crippen molar-refractivity contribution in [2.75, 3.05) is 26.2 Å². The fraction of sp³-hybridized carbons (Fsp3) is 1.00. The van der Waals surface area contributed by atoms with Crippen LogP contribution in [0.2, 0.25) is 0 Å². The third-order valence-corrected chi connectivity index (χ3v) is 5.10. The van der Waals surface area contributed by atoms with Gasteiger partial charge in [-0.1, -0.05) is 6.92 Å². The van der Waals surface area contributed by atoms with Crippen LogP contribution in [0.5, 0.6) is 0 Å². The molecule has 0 radical (unpaired) electrons. The van der Waals surface area contributed by atoms with Gasteiger partial charge in [-0.15, -0.1) is 0 Å². The molecule has 3 fully saturated rings. The molecular formula is C14H26N2O. The van der Waals surface area contributed by atoms with Gasteiger partial charge in [0.1, 0.15) is 0 Å². The topological polar surface area (TPSA) is 24.5 Å². The lowest BCUT2D eigenvalue weighted by molar-refractivity contribution is -0.0233. The van der Waals surface area contributed by atoms with Crippen LogP contribution in [0.15, 0.2) is 0 Å². The Morgan fingerprint density at radius 3 is 3.00 bits per heavy atom. The van der Waals surface area contributed by atoms with Gasteiger partial charge in [0.2, 0.25) is 0 Å². The second-order valence-corrected chi connectivity index (χ2v) is 6.11. The third kappa shape index (κ3) is 2.13. The summed E-state index contributed by atoms with van der Waals surface area (Å²) in [6.45, 7) is 9.38. The lowest BCUT2D eigenvalue weighted by atomic mass is 9.92. The summed E-state index contributed by atoms with van der Waals surface area (Å²) in [5.74, 6) is 1.83. The molecule has 3 nitrogen and oxygen atoms in total. The van der Waals surface area contributed by atoms with Crippen LogP contribution in [0, 0.1) is 11.8 Å². The Hall–Kier alpha value is -0.120. The molecule has 0 saturated carbocycles. The fourth-order valence-electron chi connectivity index (χ4n) is 4.29. The van der Waals surface area contributed by atoms with E-state index < -0.39 is 0 Å². The normalized spacial score (nSPS) is 47.3. The minimum Gasteiger partial charge on any atom is -0.378 e. The summed E-state index contributed by atoms with van der Waals surface area (Å²) in [6.07, 6.45) is 4.26. The Balaban J connectivity index is 1.70. The maximum Gasteiger partial charge on any atom is 0.0561 e. The van der Waals surface area contributed by atoms with Crippen LogP contribution in [0.25, 0.3) is 0 Å². The van der Waals surface area contributed by atoms with E-state index in [2.05, 4.69) is 24.1 Å². The molecule has 0 bridgehead atoms. The maximum absolute atomic E-state index is 5.69. The summed E-state index contributed by atoms with van der Waals surface area (Å²) in [5.41, 5.74) is 0. The molecule has 0 aliphatic carbocycles. The van der Waals surface area contributed by atoms with Crippen molar-refractivity contribution in [2.24, 2.45) is 11.8 Å². The van der Waals surface area contributed by atoms with Crippen LogP contribution in [0.1, 0.15) is 33.1 Å². The molecule has 0 amide bonds. The van der Waals surface area contributed by atoms with Crippen molar-refractivity contribution in [1.29, 1.82) is 0 Å². The van der Waals surface area contributed by atoms with Crippen molar-refractivity contribution in [3.05, 3.63) is 0 Å². The number of likely N-dealkylation sites (tertiary alicyclic amines) is 1. The minimum atomic E-state index is 0.463. The molecule has 3 aliphatic rings. The number of nitrogens with one attached hydrogen (secondary N) is 1. The summed E-state index contributed by atoms with van der Waals surface area (Å²) in [4.78, 5) is 2.83. The molecule has 3 aliphatic heterocycles. The molecule has 3 saturated heterocycles. The second kappa shape index (κ2) is 4.87. The smallest absolute Gasteiger partial charge is 0.0561 e. The van der Waals surface area contributed by atoms with E-state index in [0.717, 1.165) is 30.5 Å². The van der Waals surface area contributed by atoms with Gasteiger partial charge in [-0.3, -0.25) is 4.90 Å². The molecule has 0 spiro atoms. The van der Waals surface area contributed by atoms with E-state index in [-0.39, 0.29) is 0 Å². The monoisotopic (exact) mass is 238 g/mol. The van der Waals surface area contributed by atoms with Crippen LogP contribution in [0.4, 0.5) is 0 Å². The van der Waals surface area contributed by atoms with Crippen LogP contribution >= 0.6 is 0 Å². The highest BCUT2D eigenvalue weighted by Gasteiger charge is 2.45. The van der Waals surface area contributed by atoms with Gasteiger partial charge < -0.3 is 10.1 Å². The van der Waals surface area contributed by atoms with E-state index in [0.29, 0.717) is 6.10 Å². The molecule has 3 heterocycles. The average molecular weight is 238 g/mol. The molecule has 0 aromatic carbocycles. The Morgan fingerprint density at radius 2 is 2.24 bits per heavy atom. The van der Waals surface area contributed by atoms with Gasteiger partial charge in [0.05, 0.1) is 6.10 Å². The lowest BCUT2D eigenvalue weighted by Crippen LogP contribution is -2.46. The Morgan fingerprint density at radius 1 is 1.35 bits per heavy atom. The van der Waals surface area contributed by atoms with Gasteiger partial charge in [-0.2, -0.15) is 0 Å². The van der Waals surface area contributed by atoms with Crippen LogP contribution in [-0.2, 0) is 4.74 Å². The zero-order valence-corrected chi connectivity index (χ0v) is 11.2. The van der Waals surface area contributed by atoms with E-state index in [1.165, 1.54) is 38.9 Å². The molecule has 17 heavy (non-hydrogen) atoms. The van der Waals surface area contributed by atoms with Gasteiger partial charge >= 0.3 is 0 Å². The zero-order chi connectivity index (χ0) is 11.8. The van der Waals surface area contributed by atoms with Crippen molar-refractivity contribution in [2.45, 2.75) is 51.3 Å². The average Bonchev–Trinajstić information content (AvgIpc) is 2.88. The molecule has 98 valence electrons. The first-order chi connectivity index (χ1) is 8.29. The highest BCUT2D eigenvalue weighted by Crippen LogP contribution is 2.37. The molecule has 3 rings (SSSR count). The number of nitrogens with zero attached hydrogens (tertiary/aromatic N) is 1.